The lowest BCUT2D eigenvalue weighted by atomic mass is 9.56. The number of hydrogen-bond acceptors (Lipinski definition) is 3. The normalized spacial score (nSPS) is 22.3. The van der Waals surface area contributed by atoms with Crippen molar-refractivity contribution in [3.8, 4) is 0 Å². The molecule has 2 rings (SSSR count). The zero-order chi connectivity index (χ0) is 16.4. The maximum atomic E-state index is 10.2. The molecule has 0 aromatic heterocycles. The first kappa shape index (κ1) is 17.9. The zero-order valence-corrected chi connectivity index (χ0v) is 15.3. The summed E-state index contributed by atoms with van der Waals surface area (Å²) in [6.45, 7) is 10.3. The molecule has 0 bridgehead atoms. The molecule has 4 heteroatoms. The minimum atomic E-state index is -0.677. The first-order valence-corrected chi connectivity index (χ1v) is 9.07. The van der Waals surface area contributed by atoms with Gasteiger partial charge < -0.3 is 5.11 Å². The molecule has 2 nitrogen and oxygen atoms in total. The highest BCUT2D eigenvalue weighted by Crippen LogP contribution is 2.34. The summed E-state index contributed by atoms with van der Waals surface area (Å²) in [5, 5.41) is 10.2. The summed E-state index contributed by atoms with van der Waals surface area (Å²) < 4.78 is 3.53. The van der Waals surface area contributed by atoms with Gasteiger partial charge in [0, 0.05) is 10.9 Å². The standard InChI is InChI=1S/C18H29BNOS/c1-13-10-15(11-13)20-22-16-8-6-14(7-9-16)19-12-17(2,3)18(4,5)21/h6-9,13,15,20-21H,10-12H2,1-5H3. The van der Waals surface area contributed by atoms with Crippen LogP contribution in [0.5, 0.6) is 0 Å². The molecule has 1 saturated carbocycles. The van der Waals surface area contributed by atoms with E-state index in [1.165, 1.54) is 23.2 Å². The Morgan fingerprint density at radius 1 is 1.18 bits per heavy atom. The van der Waals surface area contributed by atoms with Gasteiger partial charge in [0.2, 0.25) is 0 Å². The maximum absolute atomic E-state index is 10.2. The predicted molar refractivity (Wildman–Crippen MR) is 97.9 cm³/mol. The average Bonchev–Trinajstić information content (AvgIpc) is 2.40. The molecule has 0 amide bonds. The van der Waals surface area contributed by atoms with Gasteiger partial charge in [-0.2, -0.15) is 0 Å². The van der Waals surface area contributed by atoms with Crippen LogP contribution in [0.4, 0.5) is 0 Å². The molecule has 1 aromatic rings. The summed E-state index contributed by atoms with van der Waals surface area (Å²) in [5.41, 5.74) is 0.408. The smallest absolute Gasteiger partial charge is 0.152 e. The molecule has 121 valence electrons. The van der Waals surface area contributed by atoms with E-state index in [1.807, 2.05) is 13.8 Å². The lowest BCUT2D eigenvalue weighted by Crippen LogP contribution is -2.40. The fraction of sp³-hybridized carbons (Fsp3) is 0.667. The van der Waals surface area contributed by atoms with E-state index in [9.17, 15) is 5.11 Å². The van der Waals surface area contributed by atoms with E-state index < -0.39 is 5.60 Å². The van der Waals surface area contributed by atoms with Crippen molar-refractivity contribution in [2.75, 3.05) is 0 Å². The molecule has 0 aliphatic heterocycles. The Balaban J connectivity index is 1.79. The Morgan fingerprint density at radius 3 is 2.27 bits per heavy atom. The van der Waals surface area contributed by atoms with Crippen molar-refractivity contribution < 1.29 is 5.11 Å². The summed E-state index contributed by atoms with van der Waals surface area (Å²) in [7, 11) is 2.22. The molecule has 1 aliphatic rings. The Labute approximate surface area is 140 Å². The maximum Gasteiger partial charge on any atom is 0.152 e. The summed E-state index contributed by atoms with van der Waals surface area (Å²) >= 11 is 1.74. The van der Waals surface area contributed by atoms with Crippen LogP contribution in [-0.2, 0) is 0 Å². The van der Waals surface area contributed by atoms with Gasteiger partial charge in [-0.05, 0) is 62.1 Å². The van der Waals surface area contributed by atoms with Crippen molar-refractivity contribution in [1.29, 1.82) is 0 Å². The Hall–Kier alpha value is -0.445. The quantitative estimate of drug-likeness (QED) is 0.595. The molecule has 1 aromatic carbocycles. The second-order valence-electron chi connectivity index (χ2n) is 7.91. The number of hydrogen-bond donors (Lipinski definition) is 2. The van der Waals surface area contributed by atoms with Gasteiger partial charge in [0.25, 0.3) is 0 Å². The van der Waals surface area contributed by atoms with Gasteiger partial charge >= 0.3 is 0 Å². The van der Waals surface area contributed by atoms with Crippen molar-refractivity contribution in [2.45, 2.75) is 70.3 Å². The highest BCUT2D eigenvalue weighted by Gasteiger charge is 2.34. The van der Waals surface area contributed by atoms with Crippen molar-refractivity contribution in [3.63, 3.8) is 0 Å². The second-order valence-corrected chi connectivity index (χ2v) is 8.82. The number of benzene rings is 1. The third-order valence-corrected chi connectivity index (χ3v) is 6.06. The van der Waals surface area contributed by atoms with E-state index in [-0.39, 0.29) is 5.41 Å². The summed E-state index contributed by atoms with van der Waals surface area (Å²) in [5.74, 6) is 0.884. The number of aliphatic hydroxyl groups is 1. The van der Waals surface area contributed by atoms with Gasteiger partial charge in [-0.15, -0.1) is 0 Å². The largest absolute Gasteiger partial charge is 0.390 e. The molecule has 0 saturated heterocycles. The minimum absolute atomic E-state index is 0.136. The first-order valence-electron chi connectivity index (χ1n) is 8.25. The van der Waals surface area contributed by atoms with Gasteiger partial charge in [-0.25, -0.2) is 0 Å². The van der Waals surface area contributed by atoms with Crippen LogP contribution in [0.15, 0.2) is 29.2 Å². The molecule has 1 radical (unpaired) electrons. The lowest BCUT2D eigenvalue weighted by molar-refractivity contribution is -0.0236. The van der Waals surface area contributed by atoms with E-state index in [2.05, 4.69) is 57.0 Å². The molecule has 1 fully saturated rings. The number of nitrogens with one attached hydrogen (secondary N) is 1. The van der Waals surface area contributed by atoms with Gasteiger partial charge in [0.05, 0.1) is 5.60 Å². The highest BCUT2D eigenvalue weighted by atomic mass is 32.2. The van der Waals surface area contributed by atoms with E-state index in [0.29, 0.717) is 6.04 Å². The van der Waals surface area contributed by atoms with Crippen LogP contribution >= 0.6 is 11.9 Å². The van der Waals surface area contributed by atoms with Gasteiger partial charge in [0.15, 0.2) is 7.28 Å². The fourth-order valence-electron chi connectivity index (χ4n) is 2.44. The molecule has 0 heterocycles. The molecule has 2 N–H and O–H groups in total. The lowest BCUT2D eigenvalue weighted by Gasteiger charge is -2.37. The molecule has 0 spiro atoms. The topological polar surface area (TPSA) is 32.3 Å². The minimum Gasteiger partial charge on any atom is -0.390 e. The van der Waals surface area contributed by atoms with E-state index >= 15 is 0 Å². The van der Waals surface area contributed by atoms with Gasteiger partial charge in [-0.1, -0.05) is 44.7 Å². The highest BCUT2D eigenvalue weighted by molar-refractivity contribution is 7.97. The summed E-state index contributed by atoms with van der Waals surface area (Å²) in [6.07, 6.45) is 3.46. The van der Waals surface area contributed by atoms with E-state index in [0.717, 1.165) is 12.2 Å². The SMILES string of the molecule is CC1CC(NSc2ccc([B]CC(C)(C)C(C)(C)O)cc2)C1. The Morgan fingerprint density at radius 2 is 1.77 bits per heavy atom. The van der Waals surface area contributed by atoms with Crippen molar-refractivity contribution in [3.05, 3.63) is 24.3 Å². The second kappa shape index (κ2) is 6.98. The first-order chi connectivity index (χ1) is 10.2. The van der Waals surface area contributed by atoms with Crippen LogP contribution in [0.3, 0.4) is 0 Å². The third-order valence-electron chi connectivity index (χ3n) is 5.10. The van der Waals surface area contributed by atoms with E-state index in [4.69, 9.17) is 0 Å². The average molecular weight is 318 g/mol. The number of rotatable bonds is 7. The molecular weight excluding hydrogens is 289 g/mol. The molecular formula is C18H29BNOS. The monoisotopic (exact) mass is 318 g/mol. The Kier molecular flexibility index (Phi) is 5.68. The van der Waals surface area contributed by atoms with Gasteiger partial charge in [-0.3, -0.25) is 4.72 Å². The van der Waals surface area contributed by atoms with Crippen molar-refractivity contribution in [2.24, 2.45) is 11.3 Å². The van der Waals surface area contributed by atoms with Crippen LogP contribution in [0.25, 0.3) is 0 Å². The third kappa shape index (κ3) is 4.77. The summed E-state index contributed by atoms with van der Waals surface area (Å²) in [6, 6.07) is 9.34. The molecule has 0 atom stereocenters. The van der Waals surface area contributed by atoms with E-state index in [1.54, 1.807) is 11.9 Å². The van der Waals surface area contributed by atoms with Crippen molar-refractivity contribution in [1.82, 2.24) is 4.72 Å². The molecule has 0 unspecified atom stereocenters. The zero-order valence-electron chi connectivity index (χ0n) is 14.5. The van der Waals surface area contributed by atoms with Crippen LogP contribution in [0, 0.1) is 11.3 Å². The fourth-order valence-corrected chi connectivity index (χ4v) is 3.21. The summed E-state index contributed by atoms with van der Waals surface area (Å²) in [4.78, 5) is 1.26. The van der Waals surface area contributed by atoms with Gasteiger partial charge in [0.1, 0.15) is 0 Å². The van der Waals surface area contributed by atoms with Crippen molar-refractivity contribution >= 4 is 24.7 Å². The Bertz CT molecular complexity index is 475. The van der Waals surface area contributed by atoms with Crippen LogP contribution in [-0.4, -0.2) is 24.0 Å². The van der Waals surface area contributed by atoms with Crippen LogP contribution in [0.2, 0.25) is 6.32 Å². The van der Waals surface area contributed by atoms with Crippen LogP contribution < -0.4 is 10.2 Å². The van der Waals surface area contributed by atoms with Crippen LogP contribution in [0.1, 0.15) is 47.5 Å². The molecule has 1 aliphatic carbocycles. The molecule has 22 heavy (non-hydrogen) atoms. The predicted octanol–water partition coefficient (Wildman–Crippen LogP) is 3.63.